The molecular formula is C28H41NO5. The molecule has 0 aromatic heterocycles. The summed E-state index contributed by atoms with van der Waals surface area (Å²) in [5, 5.41) is 0. The molecule has 188 valence electrons. The fraction of sp³-hybridized carbons (Fsp3) is 0.607. The molecule has 0 N–H and O–H groups in total. The fourth-order valence-corrected chi connectivity index (χ4v) is 4.85. The number of allylic oxidation sites excluding steroid dienone is 1. The molecule has 2 aliphatic carbocycles. The third kappa shape index (κ3) is 6.56. The lowest BCUT2D eigenvalue weighted by atomic mass is 9.93. The number of carbonyl (C=O) groups is 1. The van der Waals surface area contributed by atoms with Crippen molar-refractivity contribution in [3.05, 3.63) is 53.2 Å². The van der Waals surface area contributed by atoms with Gasteiger partial charge in [0.25, 0.3) is 5.91 Å². The van der Waals surface area contributed by atoms with Crippen molar-refractivity contribution in [3.8, 4) is 5.75 Å². The summed E-state index contributed by atoms with van der Waals surface area (Å²) in [6.07, 6.45) is 8.07. The molecule has 1 aromatic carbocycles. The Labute approximate surface area is 204 Å². The van der Waals surface area contributed by atoms with Gasteiger partial charge in [0.1, 0.15) is 17.6 Å². The zero-order chi connectivity index (χ0) is 24.5. The summed E-state index contributed by atoms with van der Waals surface area (Å²) in [5.74, 6) is 2.90. The molecule has 34 heavy (non-hydrogen) atoms. The smallest absolute Gasteiger partial charge is 0.254 e. The second-order valence-corrected chi connectivity index (χ2v) is 9.08. The van der Waals surface area contributed by atoms with Crippen LogP contribution in [0, 0.1) is 0 Å². The van der Waals surface area contributed by atoms with Crippen LogP contribution in [0.1, 0.15) is 83.5 Å². The summed E-state index contributed by atoms with van der Waals surface area (Å²) < 4.78 is 23.7. The van der Waals surface area contributed by atoms with E-state index in [9.17, 15) is 4.79 Å². The predicted molar refractivity (Wildman–Crippen MR) is 134 cm³/mol. The van der Waals surface area contributed by atoms with Gasteiger partial charge in [0.15, 0.2) is 11.5 Å². The van der Waals surface area contributed by atoms with Gasteiger partial charge in [-0.3, -0.25) is 4.79 Å². The summed E-state index contributed by atoms with van der Waals surface area (Å²) in [7, 11) is 0. The zero-order valence-electron chi connectivity index (χ0n) is 21.5. The minimum Gasteiger partial charge on any atom is -0.492 e. The number of carbonyl (C=O) groups excluding carboxylic acids is 1. The van der Waals surface area contributed by atoms with Gasteiger partial charge in [-0.05, 0) is 71.7 Å². The van der Waals surface area contributed by atoms with E-state index in [0.29, 0.717) is 49.4 Å². The summed E-state index contributed by atoms with van der Waals surface area (Å²) >= 11 is 0. The van der Waals surface area contributed by atoms with Gasteiger partial charge >= 0.3 is 0 Å². The molecule has 1 atom stereocenters. The molecule has 0 spiro atoms. The lowest BCUT2D eigenvalue weighted by Gasteiger charge is -2.37. The first-order valence-corrected chi connectivity index (χ1v) is 12.9. The van der Waals surface area contributed by atoms with Crippen molar-refractivity contribution in [1.82, 2.24) is 4.90 Å². The van der Waals surface area contributed by atoms with Crippen LogP contribution in [0.5, 0.6) is 5.75 Å². The Hall–Kier alpha value is -2.47. The minimum absolute atomic E-state index is 0.102. The molecule has 3 rings (SSSR count). The average Bonchev–Trinajstić information content (AvgIpc) is 2.82. The van der Waals surface area contributed by atoms with E-state index >= 15 is 0 Å². The molecule has 6 heteroatoms. The highest BCUT2D eigenvalue weighted by atomic mass is 16.6. The maximum atomic E-state index is 13.3. The molecule has 1 fully saturated rings. The zero-order valence-corrected chi connectivity index (χ0v) is 21.5. The second-order valence-electron chi connectivity index (χ2n) is 9.08. The summed E-state index contributed by atoms with van der Waals surface area (Å²) in [5.41, 5.74) is 0.699. The standard InChI is InChI=1S/C28H41NO5/c1-6-31-25-18-24(19-26(32-7-2)27(25)33-8-3)34-23-16-14-21(15-17-23)28(30)29(20(4)5)22-12-10-9-11-13-22/h14-18,20,22,26H,6-13,19H2,1-5H3. The van der Waals surface area contributed by atoms with Gasteiger partial charge in [0, 0.05) is 36.8 Å². The maximum Gasteiger partial charge on any atom is 0.254 e. The van der Waals surface area contributed by atoms with Gasteiger partial charge in [0.2, 0.25) is 0 Å². The van der Waals surface area contributed by atoms with Crippen LogP contribution >= 0.6 is 0 Å². The van der Waals surface area contributed by atoms with Crippen LogP contribution in [0.25, 0.3) is 0 Å². The summed E-state index contributed by atoms with van der Waals surface area (Å²) in [4.78, 5) is 15.4. The molecule has 1 aromatic rings. The van der Waals surface area contributed by atoms with Crippen LogP contribution < -0.4 is 4.74 Å². The molecule has 0 radical (unpaired) electrons. The van der Waals surface area contributed by atoms with Crippen molar-refractivity contribution < 1.29 is 23.7 Å². The average molecular weight is 472 g/mol. The molecule has 2 aliphatic rings. The maximum absolute atomic E-state index is 13.3. The Morgan fingerprint density at radius 1 is 0.971 bits per heavy atom. The second kappa shape index (κ2) is 12.8. The molecule has 1 unspecified atom stereocenters. The van der Waals surface area contributed by atoms with E-state index in [0.717, 1.165) is 24.4 Å². The number of rotatable bonds is 11. The number of hydrogen-bond donors (Lipinski definition) is 0. The van der Waals surface area contributed by atoms with Gasteiger partial charge < -0.3 is 23.8 Å². The first kappa shape index (κ1) is 26.1. The number of ether oxygens (including phenoxy) is 4. The van der Waals surface area contributed by atoms with Crippen LogP contribution in [0.3, 0.4) is 0 Å². The van der Waals surface area contributed by atoms with Crippen LogP contribution in [0.4, 0.5) is 0 Å². The van der Waals surface area contributed by atoms with Crippen LogP contribution in [-0.4, -0.2) is 48.8 Å². The van der Waals surface area contributed by atoms with E-state index in [1.165, 1.54) is 19.3 Å². The largest absolute Gasteiger partial charge is 0.492 e. The monoisotopic (exact) mass is 471 g/mol. The van der Waals surface area contributed by atoms with Crippen molar-refractivity contribution in [3.63, 3.8) is 0 Å². The Bertz CT molecular complexity index is 852. The lowest BCUT2D eigenvalue weighted by molar-refractivity contribution is 0.0206. The molecular weight excluding hydrogens is 430 g/mol. The van der Waals surface area contributed by atoms with Crippen molar-refractivity contribution in [2.45, 2.75) is 91.3 Å². The molecule has 1 amide bonds. The first-order valence-electron chi connectivity index (χ1n) is 12.9. The van der Waals surface area contributed by atoms with Crippen LogP contribution in [-0.2, 0) is 14.2 Å². The van der Waals surface area contributed by atoms with Crippen molar-refractivity contribution in [2.24, 2.45) is 0 Å². The van der Waals surface area contributed by atoms with E-state index in [2.05, 4.69) is 18.7 Å². The van der Waals surface area contributed by atoms with E-state index in [1.807, 2.05) is 51.1 Å². The third-order valence-corrected chi connectivity index (χ3v) is 6.29. The Morgan fingerprint density at radius 3 is 2.24 bits per heavy atom. The third-order valence-electron chi connectivity index (χ3n) is 6.29. The predicted octanol–water partition coefficient (Wildman–Crippen LogP) is 6.23. The number of hydrogen-bond acceptors (Lipinski definition) is 5. The lowest BCUT2D eigenvalue weighted by Crippen LogP contribution is -2.45. The van der Waals surface area contributed by atoms with Crippen LogP contribution in [0.15, 0.2) is 47.6 Å². The van der Waals surface area contributed by atoms with E-state index < -0.39 is 0 Å². The minimum atomic E-state index is -0.248. The Morgan fingerprint density at radius 2 is 1.65 bits per heavy atom. The molecule has 6 nitrogen and oxygen atoms in total. The van der Waals surface area contributed by atoms with Crippen molar-refractivity contribution in [2.75, 3.05) is 19.8 Å². The first-order chi connectivity index (χ1) is 16.5. The molecule has 1 saturated carbocycles. The van der Waals surface area contributed by atoms with Gasteiger partial charge in [0.05, 0.1) is 13.2 Å². The van der Waals surface area contributed by atoms with Gasteiger partial charge in [-0.25, -0.2) is 0 Å². The van der Waals surface area contributed by atoms with Crippen molar-refractivity contribution >= 4 is 5.91 Å². The van der Waals surface area contributed by atoms with Gasteiger partial charge in [-0.1, -0.05) is 19.3 Å². The Kier molecular flexibility index (Phi) is 9.87. The molecule has 0 bridgehead atoms. The molecule has 0 heterocycles. The van der Waals surface area contributed by atoms with Crippen LogP contribution in [0.2, 0.25) is 0 Å². The SMILES string of the molecule is CCOC1=C(OCC)C(OCC)CC(Oc2ccc(C(=O)N(C(C)C)C3CCCCC3)cc2)=C1. The number of nitrogens with zero attached hydrogens (tertiary/aromatic N) is 1. The summed E-state index contributed by atoms with van der Waals surface area (Å²) in [6, 6.07) is 7.98. The normalized spacial score (nSPS) is 19.1. The fourth-order valence-electron chi connectivity index (χ4n) is 4.85. The van der Waals surface area contributed by atoms with Gasteiger partial charge in [-0.15, -0.1) is 0 Å². The van der Waals surface area contributed by atoms with Crippen molar-refractivity contribution in [1.29, 1.82) is 0 Å². The highest BCUT2D eigenvalue weighted by molar-refractivity contribution is 5.94. The van der Waals surface area contributed by atoms with E-state index in [1.54, 1.807) is 0 Å². The number of benzene rings is 1. The number of amides is 1. The Balaban J connectivity index is 1.75. The quantitative estimate of drug-likeness (QED) is 0.383. The topological polar surface area (TPSA) is 57.2 Å². The highest BCUT2D eigenvalue weighted by Crippen LogP contribution is 2.31. The molecule has 0 saturated heterocycles. The van der Waals surface area contributed by atoms with E-state index in [-0.39, 0.29) is 18.1 Å². The molecule has 0 aliphatic heterocycles. The highest BCUT2D eigenvalue weighted by Gasteiger charge is 2.30. The van der Waals surface area contributed by atoms with Gasteiger partial charge in [-0.2, -0.15) is 0 Å². The van der Waals surface area contributed by atoms with E-state index in [4.69, 9.17) is 18.9 Å². The summed E-state index contributed by atoms with van der Waals surface area (Å²) in [6.45, 7) is 11.7.